The van der Waals surface area contributed by atoms with Crippen molar-refractivity contribution in [1.82, 2.24) is 0 Å². The van der Waals surface area contributed by atoms with Crippen molar-refractivity contribution in [2.45, 2.75) is 13.8 Å². The molecule has 0 aliphatic carbocycles. The lowest BCUT2D eigenvalue weighted by atomic mass is 9.91. The van der Waals surface area contributed by atoms with Gasteiger partial charge in [0.1, 0.15) is 0 Å². The van der Waals surface area contributed by atoms with Gasteiger partial charge >= 0.3 is 0 Å². The van der Waals surface area contributed by atoms with Crippen molar-refractivity contribution in [2.24, 2.45) is 0 Å². The summed E-state index contributed by atoms with van der Waals surface area (Å²) in [4.78, 5) is 4.90. The third-order valence-corrected chi connectivity index (χ3v) is 10.7. The molecule has 10 aromatic rings. The Kier molecular flexibility index (Phi) is 6.97. The molecule has 0 atom stereocenters. The summed E-state index contributed by atoms with van der Waals surface area (Å²) in [5.74, 6) is 0. The first-order valence-electron chi connectivity index (χ1n) is 18.0. The number of hydrogen-bond acceptors (Lipinski definition) is 2. The fourth-order valence-corrected chi connectivity index (χ4v) is 8.17. The third kappa shape index (κ3) is 4.80. The fraction of sp³-hybridized carbons (Fsp3) is 0.0400. The summed E-state index contributed by atoms with van der Waals surface area (Å²) in [6.07, 6.45) is 0. The highest BCUT2D eigenvalue weighted by Crippen LogP contribution is 2.49. The minimum atomic E-state index is 1.14. The molecule has 0 unspecified atom stereocenters. The van der Waals surface area contributed by atoms with E-state index in [2.05, 4.69) is 206 Å². The van der Waals surface area contributed by atoms with Gasteiger partial charge in [-0.15, -0.1) is 0 Å². The minimum absolute atomic E-state index is 1.14. The topological polar surface area (TPSA) is 6.48 Å². The molecule has 0 aliphatic heterocycles. The van der Waals surface area contributed by atoms with Gasteiger partial charge in [-0.05, 0) is 94.7 Å². The third-order valence-electron chi connectivity index (χ3n) is 10.7. The van der Waals surface area contributed by atoms with E-state index in [0.717, 1.165) is 22.7 Å². The zero-order chi connectivity index (χ0) is 34.8. The molecule has 0 radical (unpaired) electrons. The molecule has 10 aromatic carbocycles. The molecular formula is C50H36N2. The maximum Gasteiger partial charge on any atom is 0.0540 e. The average molecular weight is 665 g/mol. The van der Waals surface area contributed by atoms with Gasteiger partial charge in [0.2, 0.25) is 0 Å². The molecule has 0 bridgehead atoms. The lowest BCUT2D eigenvalue weighted by Gasteiger charge is -2.30. The molecule has 0 saturated heterocycles. The molecule has 2 nitrogen and oxygen atoms in total. The van der Waals surface area contributed by atoms with Crippen molar-refractivity contribution in [3.8, 4) is 0 Å². The standard InChI is InChI=1S/C50H36N2/c1-33-17-25-39(26-18-33)51(45-15-7-11-35-9-3-5-13-41(35)45)47-31-23-37-22-30-44-48(32-24-38-21-29-43(47)49(37)50(38)44)52(40-27-19-34(2)20-28-40)46-16-8-12-36-10-4-6-14-42(36)46/h3-32H,1-2H3. The molecule has 246 valence electrons. The molecule has 10 rings (SSSR count). The van der Waals surface area contributed by atoms with Crippen molar-refractivity contribution in [3.63, 3.8) is 0 Å². The number of benzene rings is 10. The molecule has 2 heteroatoms. The normalized spacial score (nSPS) is 11.7. The van der Waals surface area contributed by atoms with Crippen LogP contribution in [0.25, 0.3) is 53.9 Å². The number of fused-ring (bicyclic) bond motifs is 2. The molecule has 0 aliphatic rings. The van der Waals surface area contributed by atoms with Gasteiger partial charge in [-0.1, -0.05) is 145 Å². The van der Waals surface area contributed by atoms with Crippen LogP contribution in [-0.2, 0) is 0 Å². The van der Waals surface area contributed by atoms with Crippen molar-refractivity contribution in [3.05, 3.63) is 193 Å². The first kappa shape index (κ1) is 30.2. The van der Waals surface area contributed by atoms with Crippen LogP contribution in [0.1, 0.15) is 11.1 Å². The summed E-state index contributed by atoms with van der Waals surface area (Å²) in [7, 11) is 0. The Balaban J connectivity index is 1.26. The molecule has 52 heavy (non-hydrogen) atoms. The Hall–Kier alpha value is -6.64. The lowest BCUT2D eigenvalue weighted by molar-refractivity contribution is 1.30. The fourth-order valence-electron chi connectivity index (χ4n) is 8.17. The molecule has 0 aromatic heterocycles. The van der Waals surface area contributed by atoms with E-state index in [-0.39, 0.29) is 0 Å². The van der Waals surface area contributed by atoms with Crippen molar-refractivity contribution >= 4 is 88.0 Å². The first-order chi connectivity index (χ1) is 25.6. The largest absolute Gasteiger partial charge is 0.309 e. The van der Waals surface area contributed by atoms with E-state index in [1.54, 1.807) is 0 Å². The SMILES string of the molecule is Cc1ccc(N(c2cccc3ccccc23)c2ccc3ccc4c(N(c5ccc(C)cc5)c5cccc6ccccc56)ccc5ccc2c3c54)cc1. The van der Waals surface area contributed by atoms with Crippen LogP contribution >= 0.6 is 0 Å². The quantitative estimate of drug-likeness (QED) is 0.163. The predicted octanol–water partition coefficient (Wildman–Crippen LogP) is 14.4. The summed E-state index contributed by atoms with van der Waals surface area (Å²) in [5, 5.41) is 12.4. The minimum Gasteiger partial charge on any atom is -0.309 e. The van der Waals surface area contributed by atoms with Crippen LogP contribution in [0.2, 0.25) is 0 Å². The van der Waals surface area contributed by atoms with Crippen molar-refractivity contribution in [2.75, 3.05) is 9.80 Å². The van der Waals surface area contributed by atoms with Crippen molar-refractivity contribution < 1.29 is 0 Å². The zero-order valence-electron chi connectivity index (χ0n) is 29.2. The van der Waals surface area contributed by atoms with E-state index in [9.17, 15) is 0 Å². The number of aryl methyl sites for hydroxylation is 2. The van der Waals surface area contributed by atoms with Crippen LogP contribution in [0.4, 0.5) is 34.1 Å². The summed E-state index contributed by atoms with van der Waals surface area (Å²) >= 11 is 0. The average Bonchev–Trinajstić information content (AvgIpc) is 3.19. The van der Waals surface area contributed by atoms with Crippen LogP contribution < -0.4 is 9.80 Å². The highest BCUT2D eigenvalue weighted by Gasteiger charge is 2.23. The maximum atomic E-state index is 2.45. The van der Waals surface area contributed by atoms with E-state index in [1.807, 2.05) is 0 Å². The van der Waals surface area contributed by atoms with Crippen LogP contribution in [0, 0.1) is 13.8 Å². The Morgan fingerprint density at radius 1 is 0.269 bits per heavy atom. The first-order valence-corrected chi connectivity index (χ1v) is 18.0. The van der Waals surface area contributed by atoms with Gasteiger partial charge in [-0.3, -0.25) is 0 Å². The Labute approximate surface area is 303 Å². The van der Waals surface area contributed by atoms with E-state index in [4.69, 9.17) is 0 Å². The highest BCUT2D eigenvalue weighted by atomic mass is 15.2. The molecule has 0 saturated carbocycles. The number of rotatable bonds is 6. The van der Waals surface area contributed by atoms with Gasteiger partial charge in [-0.25, -0.2) is 0 Å². The lowest BCUT2D eigenvalue weighted by Crippen LogP contribution is -2.12. The molecule has 0 fully saturated rings. The van der Waals surface area contributed by atoms with Crippen LogP contribution in [-0.4, -0.2) is 0 Å². The van der Waals surface area contributed by atoms with Gasteiger partial charge in [0.05, 0.1) is 22.7 Å². The van der Waals surface area contributed by atoms with E-state index in [0.29, 0.717) is 0 Å². The van der Waals surface area contributed by atoms with Crippen LogP contribution in [0.3, 0.4) is 0 Å². The number of hydrogen-bond donors (Lipinski definition) is 0. The maximum absolute atomic E-state index is 2.45. The number of anilines is 6. The Bertz CT molecular complexity index is 2710. The van der Waals surface area contributed by atoms with Gasteiger partial charge in [-0.2, -0.15) is 0 Å². The molecule has 0 heterocycles. The van der Waals surface area contributed by atoms with Crippen LogP contribution in [0.5, 0.6) is 0 Å². The zero-order valence-corrected chi connectivity index (χ0v) is 29.2. The summed E-state index contributed by atoms with van der Waals surface area (Å²) in [5.41, 5.74) is 9.42. The van der Waals surface area contributed by atoms with E-state index < -0.39 is 0 Å². The molecule has 0 spiro atoms. The highest BCUT2D eigenvalue weighted by molar-refractivity contribution is 6.28. The molecule has 0 N–H and O–H groups in total. The summed E-state index contributed by atoms with van der Waals surface area (Å²) in [6, 6.07) is 67.0. The van der Waals surface area contributed by atoms with Gasteiger partial charge in [0, 0.05) is 32.9 Å². The van der Waals surface area contributed by atoms with Gasteiger partial charge < -0.3 is 9.80 Å². The van der Waals surface area contributed by atoms with Crippen molar-refractivity contribution in [1.29, 1.82) is 0 Å². The second-order valence-electron chi connectivity index (χ2n) is 13.9. The molecular weight excluding hydrogens is 629 g/mol. The summed E-state index contributed by atoms with van der Waals surface area (Å²) < 4.78 is 0. The van der Waals surface area contributed by atoms with Crippen LogP contribution in [0.15, 0.2) is 182 Å². The summed E-state index contributed by atoms with van der Waals surface area (Å²) in [6.45, 7) is 4.30. The van der Waals surface area contributed by atoms with E-state index in [1.165, 1.54) is 76.4 Å². The predicted molar refractivity (Wildman–Crippen MR) is 224 cm³/mol. The second-order valence-corrected chi connectivity index (χ2v) is 13.9. The smallest absolute Gasteiger partial charge is 0.0540 e. The monoisotopic (exact) mass is 664 g/mol. The Morgan fingerprint density at radius 2 is 0.635 bits per heavy atom. The van der Waals surface area contributed by atoms with E-state index >= 15 is 0 Å². The number of nitrogens with zero attached hydrogens (tertiary/aromatic N) is 2. The molecule has 0 amide bonds. The van der Waals surface area contributed by atoms with Gasteiger partial charge in [0.15, 0.2) is 0 Å². The Morgan fingerprint density at radius 3 is 1.08 bits per heavy atom. The van der Waals surface area contributed by atoms with Gasteiger partial charge in [0.25, 0.3) is 0 Å². The second kappa shape index (κ2) is 12.0.